The molecule has 144 valence electrons. The van der Waals surface area contributed by atoms with Gasteiger partial charge in [-0.15, -0.1) is 11.3 Å². The van der Waals surface area contributed by atoms with Gasteiger partial charge in [0, 0.05) is 17.0 Å². The number of thiazole rings is 1. The highest BCUT2D eigenvalue weighted by Gasteiger charge is 2.23. The van der Waals surface area contributed by atoms with Crippen LogP contribution in [0.15, 0.2) is 29.6 Å². The van der Waals surface area contributed by atoms with Crippen LogP contribution in [0.25, 0.3) is 10.6 Å². The molecule has 5 nitrogen and oxygen atoms in total. The van der Waals surface area contributed by atoms with Crippen molar-refractivity contribution in [3.8, 4) is 10.6 Å². The fourth-order valence-corrected chi connectivity index (χ4v) is 4.08. The third-order valence-electron chi connectivity index (χ3n) is 4.77. The van der Waals surface area contributed by atoms with Crippen LogP contribution in [0.1, 0.15) is 38.3 Å². The van der Waals surface area contributed by atoms with E-state index >= 15 is 0 Å². The van der Waals surface area contributed by atoms with Gasteiger partial charge in [-0.1, -0.05) is 31.9 Å². The van der Waals surface area contributed by atoms with Crippen molar-refractivity contribution < 1.29 is 18.7 Å². The zero-order valence-electron chi connectivity index (χ0n) is 15.2. The number of esters is 1. The van der Waals surface area contributed by atoms with Crippen molar-refractivity contribution in [1.82, 2.24) is 10.3 Å². The van der Waals surface area contributed by atoms with Gasteiger partial charge < -0.3 is 10.1 Å². The molecule has 1 amide bonds. The summed E-state index contributed by atoms with van der Waals surface area (Å²) in [4.78, 5) is 28.3. The highest BCUT2D eigenvalue weighted by molar-refractivity contribution is 7.13. The van der Waals surface area contributed by atoms with Crippen molar-refractivity contribution in [2.45, 2.75) is 45.1 Å². The molecule has 7 heteroatoms. The Morgan fingerprint density at radius 2 is 2.15 bits per heavy atom. The Bertz CT molecular complexity index is 808. The van der Waals surface area contributed by atoms with Crippen molar-refractivity contribution in [3.63, 3.8) is 0 Å². The lowest BCUT2D eigenvalue weighted by molar-refractivity contribution is -0.148. The zero-order valence-corrected chi connectivity index (χ0v) is 16.1. The summed E-state index contributed by atoms with van der Waals surface area (Å²) in [5, 5.41) is 5.33. The molecule has 1 fully saturated rings. The number of benzene rings is 1. The first-order chi connectivity index (χ1) is 13.0. The van der Waals surface area contributed by atoms with Gasteiger partial charge in [-0.2, -0.15) is 0 Å². The fraction of sp³-hybridized carbons (Fsp3) is 0.450. The fourth-order valence-electron chi connectivity index (χ4n) is 3.27. The van der Waals surface area contributed by atoms with E-state index in [2.05, 4.69) is 17.2 Å². The number of rotatable bonds is 6. The number of hydrogen-bond donors (Lipinski definition) is 1. The third-order valence-corrected chi connectivity index (χ3v) is 5.71. The largest absolute Gasteiger partial charge is 0.455 e. The minimum absolute atomic E-state index is 0.0150. The minimum atomic E-state index is -0.502. The molecule has 1 saturated carbocycles. The van der Waals surface area contributed by atoms with Crippen LogP contribution < -0.4 is 5.32 Å². The lowest BCUT2D eigenvalue weighted by atomic mass is 9.86. The molecule has 0 radical (unpaired) electrons. The number of aromatic nitrogens is 1. The van der Waals surface area contributed by atoms with Crippen LogP contribution in [0.5, 0.6) is 0 Å². The smallest absolute Gasteiger partial charge is 0.312 e. The van der Waals surface area contributed by atoms with E-state index in [0.717, 1.165) is 19.3 Å². The monoisotopic (exact) mass is 390 g/mol. The molecule has 0 aliphatic heterocycles. The minimum Gasteiger partial charge on any atom is -0.455 e. The molecule has 2 atom stereocenters. The molecule has 1 heterocycles. The molecule has 1 aromatic carbocycles. The summed E-state index contributed by atoms with van der Waals surface area (Å²) in [6, 6.07) is 6.32. The zero-order chi connectivity index (χ0) is 19.2. The molecule has 1 aliphatic carbocycles. The number of nitrogens with one attached hydrogen (secondary N) is 1. The second-order valence-corrected chi connectivity index (χ2v) is 7.79. The summed E-state index contributed by atoms with van der Waals surface area (Å²) in [7, 11) is 0. The van der Waals surface area contributed by atoms with Crippen molar-refractivity contribution in [2.75, 3.05) is 6.61 Å². The maximum absolute atomic E-state index is 13.3. The summed E-state index contributed by atoms with van der Waals surface area (Å²) in [5.74, 6) is -0.643. The Kier molecular flexibility index (Phi) is 6.55. The van der Waals surface area contributed by atoms with E-state index in [-0.39, 0.29) is 30.8 Å². The number of carbonyl (C=O) groups is 2. The summed E-state index contributed by atoms with van der Waals surface area (Å²) in [6.45, 7) is 1.86. The first-order valence-electron chi connectivity index (χ1n) is 9.16. The van der Waals surface area contributed by atoms with Gasteiger partial charge in [0.1, 0.15) is 10.8 Å². The van der Waals surface area contributed by atoms with Gasteiger partial charge >= 0.3 is 5.97 Å². The van der Waals surface area contributed by atoms with Gasteiger partial charge in [0.05, 0.1) is 12.1 Å². The Morgan fingerprint density at radius 3 is 2.93 bits per heavy atom. The van der Waals surface area contributed by atoms with Crippen LogP contribution in [-0.4, -0.2) is 29.5 Å². The molecule has 0 spiro atoms. The number of nitrogens with zero attached hydrogens (tertiary/aromatic N) is 1. The molecule has 2 unspecified atom stereocenters. The van der Waals surface area contributed by atoms with Crippen LogP contribution in [0, 0.1) is 11.7 Å². The van der Waals surface area contributed by atoms with Gasteiger partial charge in [-0.05, 0) is 30.9 Å². The summed E-state index contributed by atoms with van der Waals surface area (Å²) >= 11 is 1.34. The molecular weight excluding hydrogens is 367 g/mol. The molecule has 1 N–H and O–H groups in total. The maximum Gasteiger partial charge on any atom is 0.312 e. The van der Waals surface area contributed by atoms with Crippen molar-refractivity contribution in [1.29, 1.82) is 0 Å². The van der Waals surface area contributed by atoms with Gasteiger partial charge in [-0.25, -0.2) is 9.37 Å². The van der Waals surface area contributed by atoms with Crippen LogP contribution >= 0.6 is 11.3 Å². The first-order valence-corrected chi connectivity index (χ1v) is 10.0. The predicted molar refractivity (Wildman–Crippen MR) is 102 cm³/mol. The van der Waals surface area contributed by atoms with Gasteiger partial charge in [0.15, 0.2) is 6.61 Å². The standard InChI is InChI=1S/C20H23FN2O3S/c1-13-5-2-3-8-17(13)23-18(24)11-26-19(25)10-16-12-27-20(22-16)14-6-4-7-15(21)9-14/h4,6-7,9,12-13,17H,2-3,5,8,10-11H2,1H3,(H,23,24). The van der Waals surface area contributed by atoms with E-state index < -0.39 is 5.97 Å². The van der Waals surface area contributed by atoms with Gasteiger partial charge in [0.25, 0.3) is 5.91 Å². The topological polar surface area (TPSA) is 68.3 Å². The van der Waals surface area contributed by atoms with Crippen molar-refractivity contribution in [2.24, 2.45) is 5.92 Å². The number of carbonyl (C=O) groups excluding carboxylic acids is 2. The van der Waals surface area contributed by atoms with Crippen LogP contribution in [0.4, 0.5) is 4.39 Å². The molecule has 2 aromatic rings. The van der Waals surface area contributed by atoms with Gasteiger partial charge in [0.2, 0.25) is 0 Å². The lowest BCUT2D eigenvalue weighted by Gasteiger charge is -2.29. The summed E-state index contributed by atoms with van der Waals surface area (Å²) < 4.78 is 18.4. The van der Waals surface area contributed by atoms with Crippen LogP contribution in [0.2, 0.25) is 0 Å². The molecular formula is C20H23FN2O3S. The average molecular weight is 390 g/mol. The molecule has 0 bridgehead atoms. The van der Waals surface area contributed by atoms with Crippen LogP contribution in [0.3, 0.4) is 0 Å². The second-order valence-electron chi connectivity index (χ2n) is 6.93. The van der Waals surface area contributed by atoms with E-state index in [1.165, 1.54) is 29.9 Å². The molecule has 1 aliphatic rings. The molecule has 1 aromatic heterocycles. The van der Waals surface area contributed by atoms with E-state index in [1.807, 2.05) is 0 Å². The van der Waals surface area contributed by atoms with Gasteiger partial charge in [-0.3, -0.25) is 9.59 Å². The summed E-state index contributed by atoms with van der Waals surface area (Å²) in [5.41, 5.74) is 1.21. The number of amides is 1. The van der Waals surface area contributed by atoms with Crippen molar-refractivity contribution in [3.05, 3.63) is 41.2 Å². The van der Waals surface area contributed by atoms with E-state index in [9.17, 15) is 14.0 Å². The second kappa shape index (κ2) is 9.08. The quantitative estimate of drug-likeness (QED) is 0.763. The van der Waals surface area contributed by atoms with E-state index in [0.29, 0.717) is 22.2 Å². The molecule has 3 rings (SSSR count). The van der Waals surface area contributed by atoms with Crippen LogP contribution in [-0.2, 0) is 20.7 Å². The predicted octanol–water partition coefficient (Wildman–Crippen LogP) is 3.73. The Morgan fingerprint density at radius 1 is 1.33 bits per heavy atom. The van der Waals surface area contributed by atoms with E-state index in [1.54, 1.807) is 17.5 Å². The highest BCUT2D eigenvalue weighted by atomic mass is 32.1. The van der Waals surface area contributed by atoms with E-state index in [4.69, 9.17) is 4.74 Å². The summed E-state index contributed by atoms with van der Waals surface area (Å²) in [6.07, 6.45) is 4.39. The average Bonchev–Trinajstić information content (AvgIpc) is 3.10. The third kappa shape index (κ3) is 5.60. The molecule has 0 saturated heterocycles. The Labute approximate surface area is 162 Å². The SMILES string of the molecule is CC1CCCCC1NC(=O)COC(=O)Cc1csc(-c2cccc(F)c2)n1. The Hall–Kier alpha value is -2.28. The lowest BCUT2D eigenvalue weighted by Crippen LogP contribution is -2.42. The highest BCUT2D eigenvalue weighted by Crippen LogP contribution is 2.25. The number of hydrogen-bond acceptors (Lipinski definition) is 5. The Balaban J connectivity index is 1.46. The molecule has 27 heavy (non-hydrogen) atoms. The van der Waals surface area contributed by atoms with Crippen molar-refractivity contribution >= 4 is 23.2 Å². The first kappa shape index (κ1) is 19.5. The maximum atomic E-state index is 13.3. The number of ether oxygens (including phenoxy) is 1. The number of halogens is 1. The normalized spacial score (nSPS) is 19.5.